The number of hydrogen-bond donors (Lipinski definition) is 3. The molecule has 0 aliphatic heterocycles. The fourth-order valence-electron chi connectivity index (χ4n) is 4.45. The number of nitrogens with two attached hydrogens (primary N) is 1. The average Bonchev–Trinajstić information content (AvgIpc) is 2.93. The van der Waals surface area contributed by atoms with Gasteiger partial charge in [-0.05, 0) is 61.7 Å². The summed E-state index contributed by atoms with van der Waals surface area (Å²) in [7, 11) is 0. The summed E-state index contributed by atoms with van der Waals surface area (Å²) in [6, 6.07) is 17.5. The van der Waals surface area contributed by atoms with Gasteiger partial charge in [0.05, 0.1) is 0 Å². The van der Waals surface area contributed by atoms with Crippen molar-refractivity contribution in [2.24, 2.45) is 5.73 Å². The van der Waals surface area contributed by atoms with E-state index in [1.807, 2.05) is 36.4 Å². The summed E-state index contributed by atoms with van der Waals surface area (Å²) in [6.45, 7) is 8.74. The molecule has 4 N–H and O–H groups in total. The Labute approximate surface area is 246 Å². The van der Waals surface area contributed by atoms with Gasteiger partial charge in [-0.25, -0.2) is 4.79 Å². The number of primary amides is 1. The Kier molecular flexibility index (Phi) is 10.5. The van der Waals surface area contributed by atoms with Gasteiger partial charge in [0.15, 0.2) is 0 Å². The maximum Gasteiger partial charge on any atom is 0.408 e. The molecule has 0 saturated heterocycles. The highest BCUT2D eigenvalue weighted by Gasteiger charge is 2.37. The molecule has 2 unspecified atom stereocenters. The van der Waals surface area contributed by atoms with E-state index in [1.54, 1.807) is 51.1 Å². The number of amides is 4. The van der Waals surface area contributed by atoms with Crippen molar-refractivity contribution in [1.29, 1.82) is 0 Å². The van der Waals surface area contributed by atoms with E-state index in [-0.39, 0.29) is 19.4 Å². The van der Waals surface area contributed by atoms with Crippen LogP contribution < -0.4 is 16.4 Å². The minimum Gasteiger partial charge on any atom is -0.444 e. The van der Waals surface area contributed by atoms with Crippen molar-refractivity contribution < 1.29 is 23.9 Å². The Morgan fingerprint density at radius 3 is 2.36 bits per heavy atom. The predicted molar refractivity (Wildman–Crippen MR) is 163 cm³/mol. The van der Waals surface area contributed by atoms with Gasteiger partial charge in [0, 0.05) is 24.2 Å². The van der Waals surface area contributed by atoms with Gasteiger partial charge in [-0.3, -0.25) is 14.4 Å². The van der Waals surface area contributed by atoms with Gasteiger partial charge in [-0.1, -0.05) is 60.5 Å². The molecular weight excluding hydrogens is 532 g/mol. The van der Waals surface area contributed by atoms with Crippen LogP contribution in [0.5, 0.6) is 0 Å². The molecule has 4 amide bonds. The first kappa shape index (κ1) is 31.4. The fourth-order valence-corrected chi connectivity index (χ4v) is 4.45. The van der Waals surface area contributed by atoms with Crippen molar-refractivity contribution >= 4 is 40.3 Å². The number of nitrogens with zero attached hydrogens (tertiary/aromatic N) is 1. The van der Waals surface area contributed by atoms with Crippen LogP contribution in [-0.4, -0.2) is 46.9 Å². The number of benzene rings is 3. The Bertz CT molecular complexity index is 1520. The van der Waals surface area contributed by atoms with Gasteiger partial charge in [0.1, 0.15) is 17.7 Å². The van der Waals surface area contributed by atoms with E-state index >= 15 is 0 Å². The summed E-state index contributed by atoms with van der Waals surface area (Å²) < 4.78 is 5.35. The monoisotopic (exact) mass is 568 g/mol. The summed E-state index contributed by atoms with van der Waals surface area (Å²) in [5, 5.41) is 7.38. The topological polar surface area (TPSA) is 131 Å². The van der Waals surface area contributed by atoms with Gasteiger partial charge >= 0.3 is 6.09 Å². The molecule has 3 aromatic carbocycles. The smallest absolute Gasteiger partial charge is 0.408 e. The first-order chi connectivity index (χ1) is 19.9. The van der Waals surface area contributed by atoms with Crippen LogP contribution >= 0.6 is 0 Å². The highest BCUT2D eigenvalue weighted by molar-refractivity contribution is 6.01. The molecule has 0 aromatic heterocycles. The molecule has 0 bridgehead atoms. The molecule has 0 saturated carbocycles. The summed E-state index contributed by atoms with van der Waals surface area (Å²) in [6.07, 6.45) is 6.09. The van der Waals surface area contributed by atoms with Gasteiger partial charge < -0.3 is 26.0 Å². The zero-order chi connectivity index (χ0) is 30.9. The summed E-state index contributed by atoms with van der Waals surface area (Å²) in [5.74, 6) is 0.753. The second-order valence-electron chi connectivity index (χ2n) is 10.7. The van der Waals surface area contributed by atoms with Gasteiger partial charge in [-0.2, -0.15) is 0 Å². The number of hydrogen-bond acceptors (Lipinski definition) is 5. The van der Waals surface area contributed by atoms with Crippen molar-refractivity contribution in [3.63, 3.8) is 0 Å². The SMILES string of the molecule is C#Cc1ccccc1C(C(=O)Nc1ccc2ccccc2c1)N(CC=C)C(=O)C(CCC(N)=O)NC(=O)OC(C)(C)C. The van der Waals surface area contributed by atoms with Crippen molar-refractivity contribution in [1.82, 2.24) is 10.2 Å². The summed E-state index contributed by atoms with van der Waals surface area (Å²) in [4.78, 5) is 53.7. The van der Waals surface area contributed by atoms with Crippen LogP contribution in [0, 0.1) is 12.3 Å². The third-order valence-electron chi connectivity index (χ3n) is 6.27. The lowest BCUT2D eigenvalue weighted by molar-refractivity contribution is -0.140. The van der Waals surface area contributed by atoms with E-state index in [1.165, 1.54) is 11.0 Å². The molecule has 9 nitrogen and oxygen atoms in total. The molecule has 2 atom stereocenters. The maximum atomic E-state index is 14.1. The van der Waals surface area contributed by atoms with Crippen LogP contribution in [-0.2, 0) is 19.1 Å². The van der Waals surface area contributed by atoms with Crippen LogP contribution in [0.4, 0.5) is 10.5 Å². The Morgan fingerprint density at radius 2 is 1.71 bits per heavy atom. The molecule has 0 aliphatic rings. The molecule has 9 heteroatoms. The number of alkyl carbamates (subject to hydrolysis) is 1. The van der Waals surface area contributed by atoms with E-state index in [9.17, 15) is 19.2 Å². The van der Waals surface area contributed by atoms with E-state index in [2.05, 4.69) is 23.1 Å². The van der Waals surface area contributed by atoms with Gasteiger partial charge in [-0.15, -0.1) is 13.0 Å². The molecule has 0 aliphatic carbocycles. The third kappa shape index (κ3) is 8.45. The lowest BCUT2D eigenvalue weighted by Gasteiger charge is -2.34. The number of fused-ring (bicyclic) bond motifs is 1. The van der Waals surface area contributed by atoms with Crippen LogP contribution in [0.15, 0.2) is 79.4 Å². The Morgan fingerprint density at radius 1 is 1.05 bits per heavy atom. The van der Waals surface area contributed by atoms with E-state index in [4.69, 9.17) is 16.9 Å². The maximum absolute atomic E-state index is 14.1. The number of anilines is 1. The summed E-state index contributed by atoms with van der Waals surface area (Å²) >= 11 is 0. The van der Waals surface area contributed by atoms with Crippen molar-refractivity contribution in [2.45, 2.75) is 51.3 Å². The standard InChI is InChI=1S/C33H36N4O5/c1-6-20-37(31(40)27(18-19-28(34)38)36-32(41)42-33(3,4)5)29(26-15-11-10-12-22(26)7-2)30(39)35-25-17-16-23-13-8-9-14-24(23)21-25/h2,6,8-17,21,27,29H,1,18-20H2,3-5H3,(H2,34,38)(H,35,39)(H,36,41). The normalized spacial score (nSPS) is 12.3. The molecule has 0 fully saturated rings. The lowest BCUT2D eigenvalue weighted by atomic mass is 9.97. The van der Waals surface area contributed by atoms with Gasteiger partial charge in [0.25, 0.3) is 5.91 Å². The molecular formula is C33H36N4O5. The van der Waals surface area contributed by atoms with E-state index in [0.717, 1.165) is 10.8 Å². The number of carbonyl (C=O) groups excluding carboxylic acids is 4. The van der Waals surface area contributed by atoms with Crippen molar-refractivity contribution in [3.8, 4) is 12.3 Å². The average molecular weight is 569 g/mol. The van der Waals surface area contributed by atoms with Crippen LogP contribution in [0.25, 0.3) is 10.8 Å². The molecule has 218 valence electrons. The fraction of sp³-hybridized carbons (Fsp3) is 0.273. The number of carbonyl (C=O) groups is 4. The van der Waals surface area contributed by atoms with Crippen molar-refractivity contribution in [2.75, 3.05) is 11.9 Å². The van der Waals surface area contributed by atoms with E-state index in [0.29, 0.717) is 16.8 Å². The molecule has 0 spiro atoms. The van der Waals surface area contributed by atoms with E-state index < -0.39 is 41.5 Å². The molecule has 0 heterocycles. The highest BCUT2D eigenvalue weighted by Crippen LogP contribution is 2.28. The Hall–Kier alpha value is -5.10. The quantitative estimate of drug-likeness (QED) is 0.229. The molecule has 0 radical (unpaired) electrons. The minimum absolute atomic E-state index is 0.0728. The molecule has 3 rings (SSSR count). The zero-order valence-corrected chi connectivity index (χ0v) is 24.1. The number of ether oxygens (including phenoxy) is 1. The number of nitrogens with one attached hydrogen (secondary N) is 2. The van der Waals surface area contributed by atoms with Gasteiger partial charge in [0.2, 0.25) is 11.8 Å². The van der Waals surface area contributed by atoms with Crippen LogP contribution in [0.3, 0.4) is 0 Å². The third-order valence-corrected chi connectivity index (χ3v) is 6.27. The highest BCUT2D eigenvalue weighted by atomic mass is 16.6. The second-order valence-corrected chi connectivity index (χ2v) is 10.7. The number of terminal acetylenes is 1. The second kappa shape index (κ2) is 14.0. The lowest BCUT2D eigenvalue weighted by Crippen LogP contribution is -2.52. The molecule has 42 heavy (non-hydrogen) atoms. The van der Waals surface area contributed by atoms with Crippen LogP contribution in [0.1, 0.15) is 50.8 Å². The Balaban J connectivity index is 2.06. The van der Waals surface area contributed by atoms with Crippen LogP contribution in [0.2, 0.25) is 0 Å². The zero-order valence-electron chi connectivity index (χ0n) is 24.1. The first-order valence-electron chi connectivity index (χ1n) is 13.5. The minimum atomic E-state index is -1.23. The predicted octanol–water partition coefficient (Wildman–Crippen LogP) is 4.67. The molecule has 3 aromatic rings. The van der Waals surface area contributed by atoms with Crippen molar-refractivity contribution in [3.05, 3.63) is 90.5 Å². The summed E-state index contributed by atoms with van der Waals surface area (Å²) in [5.41, 5.74) is 5.85. The largest absolute Gasteiger partial charge is 0.444 e. The number of rotatable bonds is 11. The first-order valence-corrected chi connectivity index (χ1v) is 13.5.